The van der Waals surface area contributed by atoms with Crippen molar-refractivity contribution < 1.29 is 14.6 Å². The summed E-state index contributed by atoms with van der Waals surface area (Å²) in [6.07, 6.45) is 25.5. The van der Waals surface area contributed by atoms with Gasteiger partial charge in [-0.15, -0.1) is 0 Å². The molecule has 0 saturated heterocycles. The fourth-order valence-corrected chi connectivity index (χ4v) is 3.43. The number of hydrogen-bond acceptors (Lipinski definition) is 3. The Morgan fingerprint density at radius 2 is 0.862 bits per heavy atom. The van der Waals surface area contributed by atoms with Gasteiger partial charge in [0.1, 0.15) is 0 Å². The first-order chi connectivity index (χ1) is 14.2. The Kier molecular flexibility index (Phi) is 31.3. The number of carbonyl (C=O) groups excluding carboxylic acids is 1. The van der Waals surface area contributed by atoms with E-state index in [0.717, 1.165) is 12.8 Å². The third-order valence-corrected chi connectivity index (χ3v) is 5.25. The maximum atomic E-state index is 11.7. The molecule has 0 heterocycles. The van der Waals surface area contributed by atoms with Crippen LogP contribution in [0.3, 0.4) is 0 Å². The van der Waals surface area contributed by atoms with Gasteiger partial charge in [-0.05, 0) is 19.8 Å². The number of carbonyl (C=O) groups is 1. The van der Waals surface area contributed by atoms with E-state index >= 15 is 0 Å². The lowest BCUT2D eigenvalue weighted by molar-refractivity contribution is -0.143. The predicted molar refractivity (Wildman–Crippen MR) is 127 cm³/mol. The molecule has 0 aromatic rings. The van der Waals surface area contributed by atoms with E-state index in [9.17, 15) is 4.79 Å². The summed E-state index contributed by atoms with van der Waals surface area (Å²) < 4.78 is 5.35. The highest BCUT2D eigenvalue weighted by molar-refractivity contribution is 5.69. The highest BCUT2D eigenvalue weighted by atomic mass is 16.5. The molecule has 0 unspecified atom stereocenters. The fourth-order valence-electron chi connectivity index (χ4n) is 3.43. The predicted octanol–water partition coefficient (Wildman–Crippen LogP) is 8.37. The van der Waals surface area contributed by atoms with E-state index in [0.29, 0.717) is 13.0 Å². The molecule has 0 aromatic carbocycles. The lowest BCUT2D eigenvalue weighted by Gasteiger charge is -2.05. The second kappa shape index (κ2) is 29.6. The molecule has 0 spiro atoms. The molecule has 0 saturated carbocycles. The third-order valence-electron chi connectivity index (χ3n) is 5.25. The maximum Gasteiger partial charge on any atom is 0.305 e. The SMILES string of the molecule is CCCCCCCCCCCCOC(=O)CCCCCCCCCCC.CCO. The second-order valence-electron chi connectivity index (χ2n) is 8.30. The van der Waals surface area contributed by atoms with E-state index in [4.69, 9.17) is 9.84 Å². The monoisotopic (exact) mass is 414 g/mol. The zero-order valence-corrected chi connectivity index (χ0v) is 20.3. The highest BCUT2D eigenvalue weighted by Gasteiger charge is 2.02. The summed E-state index contributed by atoms with van der Waals surface area (Å²) in [6.45, 7) is 7.09. The van der Waals surface area contributed by atoms with Crippen molar-refractivity contribution in [2.45, 2.75) is 149 Å². The zero-order chi connectivity index (χ0) is 21.8. The van der Waals surface area contributed by atoms with Crippen molar-refractivity contribution in [2.24, 2.45) is 0 Å². The smallest absolute Gasteiger partial charge is 0.305 e. The molecule has 176 valence electrons. The minimum absolute atomic E-state index is 0.0175. The molecule has 3 heteroatoms. The van der Waals surface area contributed by atoms with Gasteiger partial charge in [-0.2, -0.15) is 0 Å². The first-order valence-electron chi connectivity index (χ1n) is 13.0. The topological polar surface area (TPSA) is 46.5 Å². The molecular formula is C26H54O3. The van der Waals surface area contributed by atoms with E-state index in [1.54, 1.807) is 6.92 Å². The minimum atomic E-state index is 0.0175. The van der Waals surface area contributed by atoms with Gasteiger partial charge in [0.2, 0.25) is 0 Å². The molecule has 0 bridgehead atoms. The van der Waals surface area contributed by atoms with Crippen molar-refractivity contribution in [2.75, 3.05) is 13.2 Å². The summed E-state index contributed by atoms with van der Waals surface area (Å²) in [5.41, 5.74) is 0. The normalized spacial score (nSPS) is 10.5. The minimum Gasteiger partial charge on any atom is -0.466 e. The lowest BCUT2D eigenvalue weighted by atomic mass is 10.1. The Labute approximate surface area is 183 Å². The zero-order valence-electron chi connectivity index (χ0n) is 20.3. The molecule has 0 aliphatic carbocycles. The van der Waals surface area contributed by atoms with Crippen LogP contribution in [0.5, 0.6) is 0 Å². The van der Waals surface area contributed by atoms with Gasteiger partial charge in [-0.25, -0.2) is 0 Å². The quantitative estimate of drug-likeness (QED) is 0.151. The van der Waals surface area contributed by atoms with Gasteiger partial charge in [-0.3, -0.25) is 4.79 Å². The van der Waals surface area contributed by atoms with E-state index in [1.165, 1.54) is 109 Å². The molecule has 0 amide bonds. The fraction of sp³-hybridized carbons (Fsp3) is 0.962. The number of esters is 1. The standard InChI is InChI=1S/C24H48O2.C2H6O/c1-3-5-7-9-11-13-15-17-19-21-23-26-24(25)22-20-18-16-14-12-10-8-6-4-2;1-2-3/h3-23H2,1-2H3;3H,2H2,1H3. The number of rotatable bonds is 21. The summed E-state index contributed by atoms with van der Waals surface area (Å²) in [7, 11) is 0. The molecule has 0 fully saturated rings. The Morgan fingerprint density at radius 1 is 0.552 bits per heavy atom. The molecule has 29 heavy (non-hydrogen) atoms. The van der Waals surface area contributed by atoms with Crippen LogP contribution in [0.2, 0.25) is 0 Å². The molecule has 0 atom stereocenters. The molecule has 1 N–H and O–H groups in total. The van der Waals surface area contributed by atoms with Crippen molar-refractivity contribution in [1.29, 1.82) is 0 Å². The summed E-state index contributed by atoms with van der Waals surface area (Å²) in [4.78, 5) is 11.7. The van der Waals surface area contributed by atoms with Crippen LogP contribution in [-0.2, 0) is 9.53 Å². The van der Waals surface area contributed by atoms with Crippen LogP contribution in [0.25, 0.3) is 0 Å². The number of aliphatic hydroxyl groups is 1. The van der Waals surface area contributed by atoms with Crippen LogP contribution >= 0.6 is 0 Å². The van der Waals surface area contributed by atoms with Gasteiger partial charge in [0, 0.05) is 13.0 Å². The van der Waals surface area contributed by atoms with Crippen molar-refractivity contribution in [3.8, 4) is 0 Å². The maximum absolute atomic E-state index is 11.7. The van der Waals surface area contributed by atoms with Crippen LogP contribution in [0, 0.1) is 0 Å². The van der Waals surface area contributed by atoms with Crippen LogP contribution in [0.1, 0.15) is 149 Å². The van der Waals surface area contributed by atoms with Crippen molar-refractivity contribution >= 4 is 5.97 Å². The molecule has 0 radical (unpaired) electrons. The number of ether oxygens (including phenoxy) is 1. The van der Waals surface area contributed by atoms with Crippen LogP contribution in [0.15, 0.2) is 0 Å². The molecule has 0 aliphatic heterocycles. The molecule has 3 nitrogen and oxygen atoms in total. The van der Waals surface area contributed by atoms with Gasteiger partial charge in [0.05, 0.1) is 6.61 Å². The molecular weight excluding hydrogens is 360 g/mol. The van der Waals surface area contributed by atoms with Gasteiger partial charge >= 0.3 is 5.97 Å². The van der Waals surface area contributed by atoms with Gasteiger partial charge in [0.15, 0.2) is 0 Å². The molecule has 0 rings (SSSR count). The molecule has 0 aliphatic rings. The first-order valence-corrected chi connectivity index (χ1v) is 13.0. The molecule has 0 aromatic heterocycles. The highest BCUT2D eigenvalue weighted by Crippen LogP contribution is 2.12. The van der Waals surface area contributed by atoms with Crippen molar-refractivity contribution in [1.82, 2.24) is 0 Å². The lowest BCUT2D eigenvalue weighted by Crippen LogP contribution is -2.05. The number of hydrogen-bond donors (Lipinski definition) is 1. The van der Waals surface area contributed by atoms with Crippen molar-refractivity contribution in [3.05, 3.63) is 0 Å². The number of unbranched alkanes of at least 4 members (excludes halogenated alkanes) is 17. The van der Waals surface area contributed by atoms with Crippen LogP contribution in [-0.4, -0.2) is 24.3 Å². The summed E-state index contributed by atoms with van der Waals surface area (Å²) in [5, 5.41) is 7.57. The number of aliphatic hydroxyl groups excluding tert-OH is 1. The Morgan fingerprint density at radius 3 is 1.24 bits per heavy atom. The Bertz CT molecular complexity index is 292. The van der Waals surface area contributed by atoms with E-state index in [2.05, 4.69) is 13.8 Å². The summed E-state index contributed by atoms with van der Waals surface area (Å²) in [6, 6.07) is 0. The Balaban J connectivity index is 0. The van der Waals surface area contributed by atoms with Gasteiger partial charge in [0.25, 0.3) is 0 Å². The third kappa shape index (κ3) is 32.3. The van der Waals surface area contributed by atoms with E-state index in [-0.39, 0.29) is 12.6 Å². The summed E-state index contributed by atoms with van der Waals surface area (Å²) in [5.74, 6) is 0.0175. The van der Waals surface area contributed by atoms with E-state index in [1.807, 2.05) is 0 Å². The average molecular weight is 415 g/mol. The largest absolute Gasteiger partial charge is 0.466 e. The van der Waals surface area contributed by atoms with Gasteiger partial charge < -0.3 is 9.84 Å². The summed E-state index contributed by atoms with van der Waals surface area (Å²) >= 11 is 0. The van der Waals surface area contributed by atoms with Crippen LogP contribution in [0.4, 0.5) is 0 Å². The average Bonchev–Trinajstić information content (AvgIpc) is 2.71. The van der Waals surface area contributed by atoms with E-state index < -0.39 is 0 Å². The second-order valence-corrected chi connectivity index (χ2v) is 8.30. The first kappa shape index (κ1) is 30.6. The van der Waals surface area contributed by atoms with Gasteiger partial charge in [-0.1, -0.05) is 123 Å². The van der Waals surface area contributed by atoms with Crippen LogP contribution < -0.4 is 0 Å². The van der Waals surface area contributed by atoms with Crippen molar-refractivity contribution in [3.63, 3.8) is 0 Å². The Hall–Kier alpha value is -0.570.